The van der Waals surface area contributed by atoms with E-state index in [0.717, 1.165) is 54.1 Å². The minimum absolute atomic E-state index is 0.702. The van der Waals surface area contributed by atoms with Crippen LogP contribution in [0.2, 0.25) is 0 Å². The fourth-order valence-corrected chi connectivity index (χ4v) is 11.9. The van der Waals surface area contributed by atoms with Crippen LogP contribution in [-0.2, 0) is 9.13 Å². The zero-order valence-corrected chi connectivity index (χ0v) is 32.3. The van der Waals surface area contributed by atoms with E-state index in [9.17, 15) is 0 Å². The highest BCUT2D eigenvalue weighted by Gasteiger charge is 2.31. The molecule has 0 aromatic heterocycles. The Labute approximate surface area is 316 Å². The van der Waals surface area contributed by atoms with Crippen molar-refractivity contribution >= 4 is 46.1 Å². The van der Waals surface area contributed by atoms with Gasteiger partial charge in [0, 0.05) is 31.8 Å². The highest BCUT2D eigenvalue weighted by Crippen LogP contribution is 2.45. The van der Waals surface area contributed by atoms with Gasteiger partial charge in [-0.25, -0.2) is 0 Å². The lowest BCUT2D eigenvalue weighted by Crippen LogP contribution is -2.25. The van der Waals surface area contributed by atoms with Crippen LogP contribution in [0.3, 0.4) is 0 Å². The van der Waals surface area contributed by atoms with E-state index in [-0.39, 0.29) is 0 Å². The number of hydrogen-bond donors (Lipinski definition) is 0. The molecule has 0 unspecified atom stereocenters. The van der Waals surface area contributed by atoms with Crippen LogP contribution in [0.15, 0.2) is 170 Å². The van der Waals surface area contributed by atoms with Crippen LogP contribution in [0.4, 0.5) is 0 Å². The average molecular weight is 751 g/mol. The van der Waals surface area contributed by atoms with Crippen LogP contribution in [0.1, 0.15) is 0 Å². The van der Waals surface area contributed by atoms with Gasteiger partial charge >= 0.3 is 0 Å². The van der Waals surface area contributed by atoms with Crippen molar-refractivity contribution in [2.45, 2.75) is 0 Å². The van der Waals surface area contributed by atoms with Gasteiger partial charge in [0.1, 0.15) is 23.0 Å². The molecule has 0 heterocycles. The van der Waals surface area contributed by atoms with Crippen molar-refractivity contribution in [2.24, 2.45) is 0 Å². The van der Waals surface area contributed by atoms with E-state index >= 15 is 9.13 Å². The number of benzene rings is 7. The van der Waals surface area contributed by atoms with Crippen molar-refractivity contribution in [1.29, 1.82) is 0 Å². The van der Waals surface area contributed by atoms with Crippen molar-refractivity contribution in [3.8, 4) is 45.3 Å². The maximum atomic E-state index is 15.1. The van der Waals surface area contributed by atoms with Gasteiger partial charge < -0.3 is 28.1 Å². The molecule has 0 saturated heterocycles. The molecule has 8 heteroatoms. The van der Waals surface area contributed by atoms with E-state index in [1.807, 2.05) is 152 Å². The molecule has 0 amide bonds. The Morgan fingerprint density at radius 2 is 0.519 bits per heavy atom. The molecule has 0 aliphatic heterocycles. The van der Waals surface area contributed by atoms with E-state index in [2.05, 4.69) is 18.2 Å². The van der Waals surface area contributed by atoms with E-state index < -0.39 is 14.3 Å². The van der Waals surface area contributed by atoms with Gasteiger partial charge in [-0.1, -0.05) is 66.7 Å². The summed E-state index contributed by atoms with van der Waals surface area (Å²) in [7, 11) is 0.0241. The zero-order valence-electron chi connectivity index (χ0n) is 30.5. The Hall–Kier alpha value is -5.80. The minimum atomic E-state index is -3.22. The summed E-state index contributed by atoms with van der Waals surface area (Å²) in [5, 5.41) is 4.33. The number of methoxy groups -OCH3 is 4. The van der Waals surface area contributed by atoms with Crippen LogP contribution in [0.5, 0.6) is 23.0 Å². The Bertz CT molecular complexity index is 2170. The first-order valence-electron chi connectivity index (χ1n) is 17.4. The smallest absolute Gasteiger partial charge is 0.171 e. The summed E-state index contributed by atoms with van der Waals surface area (Å²) in [6.45, 7) is 0. The first-order chi connectivity index (χ1) is 26.3. The Balaban J connectivity index is 1.21. The van der Waals surface area contributed by atoms with Gasteiger partial charge in [0.25, 0.3) is 0 Å². The molecule has 0 atom stereocenters. The maximum Gasteiger partial charge on any atom is 0.171 e. The first-order valence-corrected chi connectivity index (χ1v) is 20.8. The number of hydrogen-bond acceptors (Lipinski definition) is 6. The fraction of sp³-hybridized carbons (Fsp3) is 0.0870. The molecule has 0 saturated carbocycles. The molecule has 270 valence electrons. The van der Waals surface area contributed by atoms with E-state index in [1.165, 1.54) is 0 Å². The molecule has 0 N–H and O–H groups in total. The Kier molecular flexibility index (Phi) is 10.6. The quantitative estimate of drug-likeness (QED) is 0.117. The Morgan fingerprint density at radius 1 is 0.296 bits per heavy atom. The van der Waals surface area contributed by atoms with Crippen LogP contribution >= 0.6 is 14.3 Å². The van der Waals surface area contributed by atoms with Crippen molar-refractivity contribution in [3.63, 3.8) is 0 Å². The normalized spacial score (nSPS) is 11.5. The van der Waals surface area contributed by atoms with Crippen molar-refractivity contribution < 1.29 is 28.1 Å². The van der Waals surface area contributed by atoms with Crippen LogP contribution in [0.25, 0.3) is 22.3 Å². The zero-order chi connectivity index (χ0) is 37.7. The Morgan fingerprint density at radius 3 is 0.741 bits per heavy atom. The molecule has 0 bridgehead atoms. The fourth-order valence-electron chi connectivity index (χ4n) is 6.67. The van der Waals surface area contributed by atoms with E-state index in [1.54, 1.807) is 28.4 Å². The van der Waals surface area contributed by atoms with Crippen LogP contribution in [0, 0.1) is 0 Å². The second-order valence-corrected chi connectivity index (χ2v) is 18.2. The summed E-state index contributed by atoms with van der Waals surface area (Å²) >= 11 is 0. The molecular weight excluding hydrogens is 710 g/mol. The van der Waals surface area contributed by atoms with E-state index in [4.69, 9.17) is 18.9 Å². The van der Waals surface area contributed by atoms with Gasteiger partial charge in [-0.2, -0.15) is 0 Å². The SMILES string of the molecule is COc1ccc(P(=O)(c2ccc(OC)cc2)c2ccc(-c3cccc(-c4ccc(P(=O)(c5ccc(OC)cc5)c5ccc(OC)cc5)cc4)c3)cc2)cc1. The van der Waals surface area contributed by atoms with Gasteiger partial charge in [-0.15, -0.1) is 0 Å². The van der Waals surface area contributed by atoms with Crippen molar-refractivity contribution in [1.82, 2.24) is 0 Å². The van der Waals surface area contributed by atoms with Gasteiger partial charge in [-0.3, -0.25) is 0 Å². The number of rotatable bonds is 12. The third-order valence-corrected chi connectivity index (χ3v) is 15.9. The minimum Gasteiger partial charge on any atom is -0.497 e. The summed E-state index contributed by atoms with van der Waals surface area (Å²) in [4.78, 5) is 0. The third kappa shape index (κ3) is 6.99. The summed E-state index contributed by atoms with van der Waals surface area (Å²) in [6, 6.07) is 54.0. The monoisotopic (exact) mass is 750 g/mol. The second-order valence-electron chi connectivity index (χ2n) is 12.7. The predicted octanol–water partition coefficient (Wildman–Crippen LogP) is 8.33. The second kappa shape index (κ2) is 15.7. The molecular formula is C46H40O6P2. The molecule has 54 heavy (non-hydrogen) atoms. The summed E-state index contributed by atoms with van der Waals surface area (Å²) in [5.41, 5.74) is 4.04. The van der Waals surface area contributed by atoms with Crippen LogP contribution < -0.4 is 50.8 Å². The lowest BCUT2D eigenvalue weighted by molar-refractivity contribution is 0.415. The third-order valence-electron chi connectivity index (χ3n) is 9.74. The largest absolute Gasteiger partial charge is 0.497 e. The first kappa shape index (κ1) is 36.6. The van der Waals surface area contributed by atoms with Crippen LogP contribution in [-0.4, -0.2) is 28.4 Å². The van der Waals surface area contributed by atoms with Crippen molar-refractivity contribution in [3.05, 3.63) is 170 Å². The molecule has 0 radical (unpaired) electrons. The van der Waals surface area contributed by atoms with Gasteiger partial charge in [0.05, 0.1) is 28.4 Å². The maximum absolute atomic E-state index is 15.1. The summed E-state index contributed by atoms with van der Waals surface area (Å²) in [6.07, 6.45) is 0. The molecule has 0 aliphatic carbocycles. The molecule has 0 aliphatic rings. The topological polar surface area (TPSA) is 71.1 Å². The molecule has 0 fully saturated rings. The molecule has 7 rings (SSSR count). The molecule has 0 spiro atoms. The lowest BCUT2D eigenvalue weighted by atomic mass is 9.99. The van der Waals surface area contributed by atoms with Crippen molar-refractivity contribution in [2.75, 3.05) is 28.4 Å². The highest BCUT2D eigenvalue weighted by atomic mass is 31.2. The molecule has 7 aromatic carbocycles. The standard InChI is InChI=1S/C46H40O6P2/c1-49-37-12-24-43(25-13-37)53(47,44-26-14-38(50-2)15-27-44)41-20-8-33(9-21-41)35-6-5-7-36(32-35)34-10-22-42(23-11-34)54(48,45-28-16-39(51-3)17-29-45)46-30-18-40(52-4)19-31-46/h5-32H,1-4H3. The van der Waals surface area contributed by atoms with Gasteiger partial charge in [0.15, 0.2) is 14.3 Å². The summed E-state index contributed by atoms with van der Waals surface area (Å²) < 4.78 is 51.8. The lowest BCUT2D eigenvalue weighted by Gasteiger charge is -2.21. The highest BCUT2D eigenvalue weighted by molar-refractivity contribution is 7.85. The molecule has 6 nitrogen and oxygen atoms in total. The average Bonchev–Trinajstić information content (AvgIpc) is 3.26. The summed E-state index contributed by atoms with van der Waals surface area (Å²) in [5.74, 6) is 2.81. The van der Waals surface area contributed by atoms with E-state index in [0.29, 0.717) is 23.0 Å². The predicted molar refractivity (Wildman–Crippen MR) is 222 cm³/mol. The number of ether oxygens (including phenoxy) is 4. The molecule has 7 aromatic rings. The van der Waals surface area contributed by atoms with Gasteiger partial charge in [0.2, 0.25) is 0 Å². The van der Waals surface area contributed by atoms with Gasteiger partial charge in [-0.05, 0) is 125 Å².